The summed E-state index contributed by atoms with van der Waals surface area (Å²) in [6.45, 7) is 5.14. The van der Waals surface area contributed by atoms with E-state index in [0.29, 0.717) is 30.6 Å². The molecule has 7 heteroatoms. The number of amides is 2. The maximum absolute atomic E-state index is 12.1. The molecular weight excluding hydrogens is 326 g/mol. The van der Waals surface area contributed by atoms with Crippen molar-refractivity contribution in [2.24, 2.45) is 0 Å². The molecule has 2 amide bonds. The predicted octanol–water partition coefficient (Wildman–Crippen LogP) is 2.66. The van der Waals surface area contributed by atoms with Crippen molar-refractivity contribution in [1.29, 1.82) is 0 Å². The summed E-state index contributed by atoms with van der Waals surface area (Å²) in [6.07, 6.45) is 0.805. The van der Waals surface area contributed by atoms with Crippen LogP contribution in [0.5, 0.6) is 5.75 Å². The number of imide groups is 1. The third kappa shape index (κ3) is 4.71. The molecule has 0 spiro atoms. The zero-order valence-corrected chi connectivity index (χ0v) is 14.9. The summed E-state index contributed by atoms with van der Waals surface area (Å²) in [5.41, 5.74) is -1.09. The molecule has 1 aromatic rings. The van der Waals surface area contributed by atoms with Gasteiger partial charge < -0.3 is 14.2 Å². The molecule has 136 valence electrons. The Kier molecular flexibility index (Phi) is 5.35. The number of benzene rings is 1. The standard InChI is InChI=1S/C18H23NO6/c1-17(2,3)25-16(22)19(12-20)11-13-7-5-6-8-14(13)24-18(9-10-18)15(21)23-4/h5-8,12H,9-11H2,1-4H3. The molecule has 0 bridgehead atoms. The van der Waals surface area contributed by atoms with Crippen molar-refractivity contribution in [1.82, 2.24) is 4.90 Å². The van der Waals surface area contributed by atoms with E-state index in [1.54, 1.807) is 45.0 Å². The second kappa shape index (κ2) is 7.13. The molecule has 1 aromatic carbocycles. The molecular formula is C18H23NO6. The Hall–Kier alpha value is -2.57. The van der Waals surface area contributed by atoms with Crippen LogP contribution in [0.25, 0.3) is 0 Å². The summed E-state index contributed by atoms with van der Waals surface area (Å²) in [7, 11) is 1.31. The van der Waals surface area contributed by atoms with Gasteiger partial charge in [-0.2, -0.15) is 0 Å². The normalized spacial score (nSPS) is 15.0. The maximum Gasteiger partial charge on any atom is 0.417 e. The van der Waals surface area contributed by atoms with Gasteiger partial charge in [-0.1, -0.05) is 18.2 Å². The highest BCUT2D eigenvalue weighted by Crippen LogP contribution is 2.42. The van der Waals surface area contributed by atoms with Crippen LogP contribution in [-0.4, -0.2) is 41.7 Å². The fraction of sp³-hybridized carbons (Fsp3) is 0.500. The van der Waals surface area contributed by atoms with Crippen molar-refractivity contribution >= 4 is 18.5 Å². The lowest BCUT2D eigenvalue weighted by Crippen LogP contribution is -2.36. The van der Waals surface area contributed by atoms with Crippen molar-refractivity contribution < 1.29 is 28.6 Å². The zero-order chi connectivity index (χ0) is 18.7. The van der Waals surface area contributed by atoms with Gasteiger partial charge in [0.25, 0.3) is 0 Å². The van der Waals surface area contributed by atoms with E-state index in [0.717, 1.165) is 4.90 Å². The topological polar surface area (TPSA) is 82.1 Å². The number of nitrogens with zero attached hydrogens (tertiary/aromatic N) is 1. The molecule has 1 aliphatic rings. The first-order chi connectivity index (χ1) is 11.7. The zero-order valence-electron chi connectivity index (χ0n) is 14.9. The highest BCUT2D eigenvalue weighted by atomic mass is 16.6. The van der Waals surface area contributed by atoms with Crippen LogP contribution in [0, 0.1) is 0 Å². The molecule has 0 aliphatic heterocycles. The van der Waals surface area contributed by atoms with E-state index in [9.17, 15) is 14.4 Å². The predicted molar refractivity (Wildman–Crippen MR) is 88.9 cm³/mol. The van der Waals surface area contributed by atoms with Gasteiger partial charge in [-0.05, 0) is 26.8 Å². The third-order valence-corrected chi connectivity index (χ3v) is 3.64. The van der Waals surface area contributed by atoms with E-state index in [1.807, 2.05) is 0 Å². The number of hydrogen-bond donors (Lipinski definition) is 0. The van der Waals surface area contributed by atoms with Crippen LogP contribution in [-0.2, 0) is 25.6 Å². The van der Waals surface area contributed by atoms with Crippen molar-refractivity contribution in [3.05, 3.63) is 29.8 Å². The van der Waals surface area contributed by atoms with Crippen molar-refractivity contribution in [3.8, 4) is 5.75 Å². The summed E-state index contributed by atoms with van der Waals surface area (Å²) >= 11 is 0. The number of ether oxygens (including phenoxy) is 3. The van der Waals surface area contributed by atoms with Gasteiger partial charge in [0.1, 0.15) is 11.4 Å². The van der Waals surface area contributed by atoms with Gasteiger partial charge in [0.2, 0.25) is 12.0 Å². The van der Waals surface area contributed by atoms with Crippen LogP contribution >= 0.6 is 0 Å². The average molecular weight is 349 g/mol. The molecule has 1 saturated carbocycles. The Morgan fingerprint density at radius 3 is 2.40 bits per heavy atom. The number of esters is 1. The Morgan fingerprint density at radius 2 is 1.88 bits per heavy atom. The smallest absolute Gasteiger partial charge is 0.417 e. The van der Waals surface area contributed by atoms with Gasteiger partial charge >= 0.3 is 12.1 Å². The third-order valence-electron chi connectivity index (χ3n) is 3.64. The summed E-state index contributed by atoms with van der Waals surface area (Å²) in [5.74, 6) is 0.00231. The van der Waals surface area contributed by atoms with Crippen LogP contribution < -0.4 is 4.74 Å². The molecule has 0 N–H and O–H groups in total. The molecule has 0 atom stereocenters. The minimum absolute atomic E-state index is 0.0220. The first-order valence-electron chi connectivity index (χ1n) is 8.01. The van der Waals surface area contributed by atoms with E-state index >= 15 is 0 Å². The molecule has 0 aromatic heterocycles. The van der Waals surface area contributed by atoms with Crippen LogP contribution in [0.15, 0.2) is 24.3 Å². The fourth-order valence-electron chi connectivity index (χ4n) is 2.24. The number of carbonyl (C=O) groups excluding carboxylic acids is 3. The molecule has 0 radical (unpaired) electrons. The number of rotatable bonds is 6. The van der Waals surface area contributed by atoms with Crippen LogP contribution in [0.2, 0.25) is 0 Å². The summed E-state index contributed by atoms with van der Waals surface area (Å²) in [4.78, 5) is 36.2. The second-order valence-electron chi connectivity index (χ2n) is 6.91. The number of methoxy groups -OCH3 is 1. The molecule has 7 nitrogen and oxygen atoms in total. The highest BCUT2D eigenvalue weighted by molar-refractivity contribution is 5.83. The minimum Gasteiger partial charge on any atom is -0.475 e. The van der Waals surface area contributed by atoms with Gasteiger partial charge in [0.05, 0.1) is 13.7 Å². The second-order valence-corrected chi connectivity index (χ2v) is 6.91. The van der Waals surface area contributed by atoms with E-state index < -0.39 is 23.3 Å². The largest absolute Gasteiger partial charge is 0.475 e. The number of carbonyl (C=O) groups is 3. The number of para-hydroxylation sites is 1. The van der Waals surface area contributed by atoms with Crippen LogP contribution in [0.4, 0.5) is 4.79 Å². The molecule has 0 heterocycles. The minimum atomic E-state index is -0.969. The SMILES string of the molecule is COC(=O)C1(Oc2ccccc2CN(C=O)C(=O)OC(C)(C)C)CC1. The van der Waals surface area contributed by atoms with Gasteiger partial charge in [-0.25, -0.2) is 14.5 Å². The highest BCUT2D eigenvalue weighted by Gasteiger charge is 2.54. The summed E-state index contributed by atoms with van der Waals surface area (Å²) in [6, 6.07) is 6.93. The molecule has 0 unspecified atom stereocenters. The Morgan fingerprint density at radius 1 is 1.24 bits per heavy atom. The van der Waals surface area contributed by atoms with Crippen LogP contribution in [0.1, 0.15) is 39.2 Å². The van der Waals surface area contributed by atoms with E-state index in [1.165, 1.54) is 7.11 Å². The molecule has 0 saturated heterocycles. The Labute approximate surface area is 146 Å². The average Bonchev–Trinajstić information content (AvgIpc) is 3.32. The van der Waals surface area contributed by atoms with E-state index in [-0.39, 0.29) is 6.54 Å². The molecule has 2 rings (SSSR count). The fourth-order valence-corrected chi connectivity index (χ4v) is 2.24. The molecule has 25 heavy (non-hydrogen) atoms. The number of hydrogen-bond acceptors (Lipinski definition) is 6. The van der Waals surface area contributed by atoms with Gasteiger partial charge in [0, 0.05) is 18.4 Å². The lowest BCUT2D eigenvalue weighted by atomic mass is 10.2. The van der Waals surface area contributed by atoms with Crippen molar-refractivity contribution in [2.45, 2.75) is 51.4 Å². The summed E-state index contributed by atoms with van der Waals surface area (Å²) in [5, 5.41) is 0. The van der Waals surface area contributed by atoms with Gasteiger partial charge in [-0.15, -0.1) is 0 Å². The first kappa shape index (κ1) is 18.8. The quantitative estimate of drug-likeness (QED) is 0.580. The monoisotopic (exact) mass is 349 g/mol. The van der Waals surface area contributed by atoms with Crippen molar-refractivity contribution in [3.63, 3.8) is 0 Å². The Balaban J connectivity index is 2.16. The molecule has 1 aliphatic carbocycles. The lowest BCUT2D eigenvalue weighted by Gasteiger charge is -2.24. The Bertz CT molecular complexity index is 660. The lowest BCUT2D eigenvalue weighted by molar-refractivity contribution is -0.151. The van der Waals surface area contributed by atoms with Gasteiger partial charge in [0.15, 0.2) is 0 Å². The van der Waals surface area contributed by atoms with Crippen LogP contribution in [0.3, 0.4) is 0 Å². The van der Waals surface area contributed by atoms with Crippen molar-refractivity contribution in [2.75, 3.05) is 7.11 Å². The summed E-state index contributed by atoms with van der Waals surface area (Å²) < 4.78 is 15.8. The first-order valence-corrected chi connectivity index (χ1v) is 8.01. The van der Waals surface area contributed by atoms with E-state index in [4.69, 9.17) is 14.2 Å². The maximum atomic E-state index is 12.1. The molecule has 1 fully saturated rings. The van der Waals surface area contributed by atoms with Gasteiger partial charge in [-0.3, -0.25) is 4.79 Å². The van der Waals surface area contributed by atoms with E-state index in [2.05, 4.69) is 0 Å².